The second-order valence-electron chi connectivity index (χ2n) is 4.61. The summed E-state index contributed by atoms with van der Waals surface area (Å²) in [6.07, 6.45) is 4.72. The summed E-state index contributed by atoms with van der Waals surface area (Å²) in [6.45, 7) is 6.23. The van der Waals surface area contributed by atoms with Crippen molar-refractivity contribution < 1.29 is 9.53 Å². The maximum Gasteiger partial charge on any atom is 0.341 e. The molecule has 2 heterocycles. The third-order valence-electron chi connectivity index (χ3n) is 2.79. The van der Waals surface area contributed by atoms with Gasteiger partial charge in [-0.05, 0) is 25.0 Å². The Labute approximate surface area is 118 Å². The molecule has 104 valence electrons. The fourth-order valence-corrected chi connectivity index (χ4v) is 1.85. The van der Waals surface area contributed by atoms with E-state index in [0.717, 1.165) is 11.3 Å². The van der Waals surface area contributed by atoms with Gasteiger partial charge < -0.3 is 4.74 Å². The maximum atomic E-state index is 11.6. The number of aromatic nitrogens is 3. The van der Waals surface area contributed by atoms with Crippen LogP contribution in [-0.2, 0) is 4.74 Å². The van der Waals surface area contributed by atoms with Crippen LogP contribution in [0.5, 0.6) is 0 Å². The van der Waals surface area contributed by atoms with Gasteiger partial charge in [0.1, 0.15) is 0 Å². The number of hydrogen-bond donors (Lipinski definition) is 0. The van der Waals surface area contributed by atoms with Crippen molar-refractivity contribution in [3.8, 4) is 11.4 Å². The number of carbonyl (C=O) groups is 1. The summed E-state index contributed by atoms with van der Waals surface area (Å²) < 4.78 is 4.90. The minimum atomic E-state index is -0.408. The lowest BCUT2D eigenvalue weighted by Crippen LogP contribution is -2.06. The topological polar surface area (TPSA) is 65.0 Å². The Bertz CT molecular complexity index is 594. The lowest BCUT2D eigenvalue weighted by molar-refractivity contribution is 0.0525. The van der Waals surface area contributed by atoms with E-state index in [1.807, 2.05) is 12.1 Å². The highest BCUT2D eigenvalue weighted by atomic mass is 16.5. The first kappa shape index (κ1) is 14.1. The SMILES string of the molecule is CCOC(=O)c1cnc(-c2cccnc2C(C)C)nc1. The van der Waals surface area contributed by atoms with Crippen LogP contribution in [-0.4, -0.2) is 27.5 Å². The largest absolute Gasteiger partial charge is 0.462 e. The summed E-state index contributed by atoms with van der Waals surface area (Å²) >= 11 is 0. The van der Waals surface area contributed by atoms with Crippen LogP contribution in [0, 0.1) is 0 Å². The lowest BCUT2D eigenvalue weighted by atomic mass is 10.0. The van der Waals surface area contributed by atoms with Crippen LogP contribution >= 0.6 is 0 Å². The molecule has 2 rings (SSSR count). The summed E-state index contributed by atoms with van der Waals surface area (Å²) in [4.78, 5) is 24.4. The number of pyridine rings is 1. The highest BCUT2D eigenvalue weighted by Crippen LogP contribution is 2.24. The van der Waals surface area contributed by atoms with Crippen molar-refractivity contribution in [1.82, 2.24) is 15.0 Å². The average Bonchev–Trinajstić information content (AvgIpc) is 2.47. The van der Waals surface area contributed by atoms with Crippen LogP contribution in [0.3, 0.4) is 0 Å². The standard InChI is InChI=1S/C15H17N3O2/c1-4-20-15(19)11-8-17-14(18-9-11)12-6-5-7-16-13(12)10(2)3/h5-10H,4H2,1-3H3. The third kappa shape index (κ3) is 2.99. The molecule has 0 saturated carbocycles. The van der Waals surface area contributed by atoms with Crippen LogP contribution in [0.1, 0.15) is 42.7 Å². The number of hydrogen-bond acceptors (Lipinski definition) is 5. The molecule has 0 aliphatic rings. The highest BCUT2D eigenvalue weighted by Gasteiger charge is 2.13. The monoisotopic (exact) mass is 271 g/mol. The molecule has 2 aromatic heterocycles. The Hall–Kier alpha value is -2.30. The van der Waals surface area contributed by atoms with Crippen molar-refractivity contribution in [1.29, 1.82) is 0 Å². The molecule has 0 spiro atoms. The number of carbonyl (C=O) groups excluding carboxylic acids is 1. The number of ether oxygens (including phenoxy) is 1. The molecule has 0 aromatic carbocycles. The molecule has 0 fully saturated rings. The summed E-state index contributed by atoms with van der Waals surface area (Å²) in [5, 5.41) is 0. The first-order valence-corrected chi connectivity index (χ1v) is 6.58. The van der Waals surface area contributed by atoms with Gasteiger partial charge in [-0.1, -0.05) is 13.8 Å². The van der Waals surface area contributed by atoms with Crippen LogP contribution < -0.4 is 0 Å². The van der Waals surface area contributed by atoms with E-state index >= 15 is 0 Å². The molecule has 0 atom stereocenters. The van der Waals surface area contributed by atoms with Gasteiger partial charge in [-0.15, -0.1) is 0 Å². The molecular formula is C15H17N3O2. The summed E-state index contributed by atoms with van der Waals surface area (Å²) in [6, 6.07) is 3.78. The minimum Gasteiger partial charge on any atom is -0.462 e. The highest BCUT2D eigenvalue weighted by molar-refractivity contribution is 5.88. The van der Waals surface area contributed by atoms with Gasteiger partial charge in [0.2, 0.25) is 0 Å². The molecular weight excluding hydrogens is 254 g/mol. The van der Waals surface area contributed by atoms with Gasteiger partial charge in [-0.3, -0.25) is 4.98 Å². The Kier molecular flexibility index (Phi) is 4.40. The Balaban J connectivity index is 2.33. The van der Waals surface area contributed by atoms with E-state index in [1.54, 1.807) is 13.1 Å². The zero-order valence-corrected chi connectivity index (χ0v) is 11.8. The molecule has 0 aliphatic carbocycles. The summed E-state index contributed by atoms with van der Waals surface area (Å²) in [5.74, 6) is 0.434. The van der Waals surface area contributed by atoms with Crippen LogP contribution in [0.15, 0.2) is 30.7 Å². The van der Waals surface area contributed by atoms with Crippen molar-refractivity contribution in [3.05, 3.63) is 42.0 Å². The van der Waals surface area contributed by atoms with Gasteiger partial charge in [0.25, 0.3) is 0 Å². The smallest absolute Gasteiger partial charge is 0.341 e. The normalized spacial score (nSPS) is 10.6. The van der Waals surface area contributed by atoms with Crippen LogP contribution in [0.4, 0.5) is 0 Å². The van der Waals surface area contributed by atoms with Crippen molar-refractivity contribution in [2.75, 3.05) is 6.61 Å². The van der Waals surface area contributed by atoms with E-state index in [4.69, 9.17) is 4.74 Å². The minimum absolute atomic E-state index is 0.277. The molecule has 0 N–H and O–H groups in total. The van der Waals surface area contributed by atoms with Crippen LogP contribution in [0.2, 0.25) is 0 Å². The van der Waals surface area contributed by atoms with Gasteiger partial charge in [0, 0.05) is 24.2 Å². The molecule has 0 unspecified atom stereocenters. The number of nitrogens with zero attached hydrogens (tertiary/aromatic N) is 3. The molecule has 0 saturated heterocycles. The molecule has 2 aromatic rings. The van der Waals surface area contributed by atoms with E-state index in [2.05, 4.69) is 28.8 Å². The predicted molar refractivity (Wildman–Crippen MR) is 75.3 cm³/mol. The fraction of sp³-hybridized carbons (Fsp3) is 0.333. The first-order chi connectivity index (χ1) is 9.63. The second-order valence-corrected chi connectivity index (χ2v) is 4.61. The molecule has 0 aliphatic heterocycles. The van der Waals surface area contributed by atoms with Crippen molar-refractivity contribution in [2.45, 2.75) is 26.7 Å². The van der Waals surface area contributed by atoms with Gasteiger partial charge in [0.05, 0.1) is 17.9 Å². The quantitative estimate of drug-likeness (QED) is 0.800. The van der Waals surface area contributed by atoms with Gasteiger partial charge in [-0.2, -0.15) is 0 Å². The van der Waals surface area contributed by atoms with Crippen molar-refractivity contribution >= 4 is 5.97 Å². The van der Waals surface area contributed by atoms with Crippen molar-refractivity contribution in [2.24, 2.45) is 0 Å². The third-order valence-corrected chi connectivity index (χ3v) is 2.79. The van der Waals surface area contributed by atoms with Gasteiger partial charge >= 0.3 is 5.97 Å². The zero-order chi connectivity index (χ0) is 14.5. The second kappa shape index (κ2) is 6.23. The van der Waals surface area contributed by atoms with E-state index in [9.17, 15) is 4.79 Å². The van der Waals surface area contributed by atoms with Gasteiger partial charge in [-0.25, -0.2) is 14.8 Å². The molecule has 5 nitrogen and oxygen atoms in total. The van der Waals surface area contributed by atoms with Gasteiger partial charge in [0.15, 0.2) is 5.82 Å². The molecule has 20 heavy (non-hydrogen) atoms. The van der Waals surface area contributed by atoms with E-state index < -0.39 is 5.97 Å². The Morgan fingerprint density at radius 2 is 1.95 bits per heavy atom. The average molecular weight is 271 g/mol. The maximum absolute atomic E-state index is 11.6. The van der Waals surface area contributed by atoms with Crippen molar-refractivity contribution in [3.63, 3.8) is 0 Å². The predicted octanol–water partition coefficient (Wildman–Crippen LogP) is 2.84. The molecule has 0 amide bonds. The molecule has 0 radical (unpaired) electrons. The van der Waals surface area contributed by atoms with E-state index in [-0.39, 0.29) is 5.92 Å². The number of esters is 1. The van der Waals surface area contributed by atoms with E-state index in [1.165, 1.54) is 12.4 Å². The number of rotatable bonds is 4. The summed E-state index contributed by atoms with van der Waals surface area (Å²) in [7, 11) is 0. The molecule has 5 heteroatoms. The Morgan fingerprint density at radius 1 is 1.25 bits per heavy atom. The van der Waals surface area contributed by atoms with E-state index in [0.29, 0.717) is 18.0 Å². The lowest BCUT2D eigenvalue weighted by Gasteiger charge is -2.10. The zero-order valence-electron chi connectivity index (χ0n) is 11.8. The van der Waals surface area contributed by atoms with Crippen LogP contribution in [0.25, 0.3) is 11.4 Å². The fourth-order valence-electron chi connectivity index (χ4n) is 1.85. The Morgan fingerprint density at radius 3 is 2.55 bits per heavy atom. The molecule has 0 bridgehead atoms. The first-order valence-electron chi connectivity index (χ1n) is 6.58. The summed E-state index contributed by atoms with van der Waals surface area (Å²) in [5.41, 5.74) is 2.18.